The summed E-state index contributed by atoms with van der Waals surface area (Å²) in [6.45, 7) is 5.22. The predicted molar refractivity (Wildman–Crippen MR) is 76.9 cm³/mol. The van der Waals surface area contributed by atoms with E-state index < -0.39 is 0 Å². The van der Waals surface area contributed by atoms with Gasteiger partial charge in [-0.2, -0.15) is 0 Å². The molecule has 0 aliphatic heterocycles. The normalized spacial score (nSPS) is 17.0. The van der Waals surface area contributed by atoms with E-state index in [0.29, 0.717) is 0 Å². The van der Waals surface area contributed by atoms with E-state index in [9.17, 15) is 0 Å². The van der Waals surface area contributed by atoms with Crippen molar-refractivity contribution in [3.8, 4) is 5.75 Å². The monoisotopic (exact) mass is 245 g/mol. The zero-order valence-corrected chi connectivity index (χ0v) is 11.4. The molecule has 1 aromatic carbocycles. The van der Waals surface area contributed by atoms with Crippen LogP contribution in [0.5, 0.6) is 5.75 Å². The Morgan fingerprint density at radius 3 is 2.89 bits per heavy atom. The van der Waals surface area contributed by atoms with Gasteiger partial charge in [0.15, 0.2) is 0 Å². The van der Waals surface area contributed by atoms with Gasteiger partial charge >= 0.3 is 0 Å². The molecule has 1 fully saturated rings. The standard InChI is InChI=1S/C16H23NO/c1-3-6-14-7-4-5-8-16(14)18-13(2)11-12-17-15-9-10-15/h3-8,13,15,17H,9-12H2,1-2H3. The average molecular weight is 245 g/mol. The van der Waals surface area contributed by atoms with Gasteiger partial charge in [-0.1, -0.05) is 30.4 Å². The predicted octanol–water partition coefficient (Wildman–Crippen LogP) is 3.63. The molecule has 0 amide bonds. The van der Waals surface area contributed by atoms with Crippen molar-refractivity contribution in [2.45, 2.75) is 45.3 Å². The van der Waals surface area contributed by atoms with Gasteiger partial charge < -0.3 is 10.1 Å². The Morgan fingerprint density at radius 1 is 1.39 bits per heavy atom. The number of rotatable bonds is 7. The molecule has 1 aromatic rings. The van der Waals surface area contributed by atoms with Crippen LogP contribution >= 0.6 is 0 Å². The summed E-state index contributed by atoms with van der Waals surface area (Å²) in [6, 6.07) is 8.98. The molecule has 18 heavy (non-hydrogen) atoms. The van der Waals surface area contributed by atoms with Crippen LogP contribution in [-0.2, 0) is 0 Å². The lowest BCUT2D eigenvalue weighted by molar-refractivity contribution is 0.209. The van der Waals surface area contributed by atoms with Gasteiger partial charge in [0.2, 0.25) is 0 Å². The first kappa shape index (κ1) is 13.2. The highest BCUT2D eigenvalue weighted by Gasteiger charge is 2.20. The zero-order chi connectivity index (χ0) is 12.8. The topological polar surface area (TPSA) is 21.3 Å². The van der Waals surface area contributed by atoms with Crippen molar-refractivity contribution in [2.75, 3.05) is 6.54 Å². The summed E-state index contributed by atoms with van der Waals surface area (Å²) < 4.78 is 6.01. The summed E-state index contributed by atoms with van der Waals surface area (Å²) in [5.41, 5.74) is 1.15. The first-order chi connectivity index (χ1) is 8.79. The molecule has 2 heteroatoms. The van der Waals surface area contributed by atoms with Crippen LogP contribution in [0.4, 0.5) is 0 Å². The van der Waals surface area contributed by atoms with E-state index in [1.807, 2.05) is 31.2 Å². The first-order valence-electron chi connectivity index (χ1n) is 6.91. The van der Waals surface area contributed by atoms with Crippen LogP contribution in [0.3, 0.4) is 0 Å². The van der Waals surface area contributed by atoms with Crippen molar-refractivity contribution in [1.29, 1.82) is 0 Å². The molecule has 0 saturated heterocycles. The summed E-state index contributed by atoms with van der Waals surface area (Å²) in [5, 5.41) is 3.52. The number of allylic oxidation sites excluding steroid dienone is 1. The first-order valence-corrected chi connectivity index (χ1v) is 6.91. The molecular formula is C16H23NO. The van der Waals surface area contributed by atoms with Crippen molar-refractivity contribution in [2.24, 2.45) is 0 Å². The Labute approximate surface area is 110 Å². The number of hydrogen-bond donors (Lipinski definition) is 1. The molecule has 1 N–H and O–H groups in total. The van der Waals surface area contributed by atoms with Crippen molar-refractivity contribution >= 4 is 6.08 Å². The minimum Gasteiger partial charge on any atom is -0.490 e. The van der Waals surface area contributed by atoms with Gasteiger partial charge in [0.05, 0.1) is 6.10 Å². The lowest BCUT2D eigenvalue weighted by atomic mass is 10.2. The third-order valence-electron chi connectivity index (χ3n) is 3.15. The van der Waals surface area contributed by atoms with Crippen LogP contribution in [0.1, 0.15) is 38.7 Å². The smallest absolute Gasteiger partial charge is 0.126 e. The van der Waals surface area contributed by atoms with Gasteiger partial charge in [0.25, 0.3) is 0 Å². The fourth-order valence-electron chi connectivity index (χ4n) is 1.96. The Morgan fingerprint density at radius 2 is 2.17 bits per heavy atom. The van der Waals surface area contributed by atoms with Crippen LogP contribution in [-0.4, -0.2) is 18.7 Å². The molecule has 2 rings (SSSR count). The van der Waals surface area contributed by atoms with Crippen LogP contribution < -0.4 is 10.1 Å². The Kier molecular flexibility index (Phi) is 4.82. The van der Waals surface area contributed by atoms with Gasteiger partial charge in [-0.15, -0.1) is 0 Å². The van der Waals surface area contributed by atoms with E-state index in [0.717, 1.165) is 30.3 Å². The fraction of sp³-hybridized carbons (Fsp3) is 0.500. The maximum Gasteiger partial charge on any atom is 0.126 e. The minimum atomic E-state index is 0.252. The Bertz CT molecular complexity index is 396. The third kappa shape index (κ3) is 4.19. The van der Waals surface area contributed by atoms with Gasteiger partial charge in [-0.3, -0.25) is 0 Å². The van der Waals surface area contributed by atoms with Crippen LogP contribution in [0.2, 0.25) is 0 Å². The molecule has 98 valence electrons. The second-order valence-electron chi connectivity index (χ2n) is 4.98. The van der Waals surface area contributed by atoms with E-state index >= 15 is 0 Å². The molecule has 0 heterocycles. The molecule has 1 saturated carbocycles. The largest absolute Gasteiger partial charge is 0.490 e. The van der Waals surface area contributed by atoms with Gasteiger partial charge in [-0.05, 0) is 45.7 Å². The Hall–Kier alpha value is -1.28. The molecule has 1 aliphatic carbocycles. The number of benzene rings is 1. The van der Waals surface area contributed by atoms with E-state index in [2.05, 4.69) is 24.4 Å². The lowest BCUT2D eigenvalue weighted by Gasteiger charge is -2.16. The second-order valence-corrected chi connectivity index (χ2v) is 4.98. The minimum absolute atomic E-state index is 0.252. The fourth-order valence-corrected chi connectivity index (χ4v) is 1.96. The van der Waals surface area contributed by atoms with E-state index in [1.54, 1.807) is 0 Å². The summed E-state index contributed by atoms with van der Waals surface area (Å²) in [4.78, 5) is 0. The van der Waals surface area contributed by atoms with E-state index in [1.165, 1.54) is 12.8 Å². The van der Waals surface area contributed by atoms with Crippen molar-refractivity contribution in [3.05, 3.63) is 35.9 Å². The highest BCUT2D eigenvalue weighted by molar-refractivity contribution is 5.56. The summed E-state index contributed by atoms with van der Waals surface area (Å²) in [7, 11) is 0. The number of nitrogens with one attached hydrogen (secondary N) is 1. The number of para-hydroxylation sites is 1. The van der Waals surface area contributed by atoms with Crippen LogP contribution in [0.15, 0.2) is 30.3 Å². The zero-order valence-electron chi connectivity index (χ0n) is 11.4. The maximum absolute atomic E-state index is 6.01. The van der Waals surface area contributed by atoms with E-state index in [-0.39, 0.29) is 6.10 Å². The molecule has 2 nitrogen and oxygen atoms in total. The summed E-state index contributed by atoms with van der Waals surface area (Å²) in [5.74, 6) is 0.981. The molecule has 0 bridgehead atoms. The average Bonchev–Trinajstić information content (AvgIpc) is 3.16. The maximum atomic E-state index is 6.01. The van der Waals surface area contributed by atoms with Gasteiger partial charge in [0.1, 0.15) is 5.75 Å². The third-order valence-corrected chi connectivity index (χ3v) is 3.15. The van der Waals surface area contributed by atoms with Crippen LogP contribution in [0.25, 0.3) is 6.08 Å². The van der Waals surface area contributed by atoms with Crippen molar-refractivity contribution in [3.63, 3.8) is 0 Å². The molecule has 0 aromatic heterocycles. The molecular weight excluding hydrogens is 222 g/mol. The van der Waals surface area contributed by atoms with Crippen molar-refractivity contribution in [1.82, 2.24) is 5.32 Å². The lowest BCUT2D eigenvalue weighted by Crippen LogP contribution is -2.23. The van der Waals surface area contributed by atoms with Crippen LogP contribution in [0, 0.1) is 0 Å². The molecule has 0 spiro atoms. The highest BCUT2D eigenvalue weighted by atomic mass is 16.5. The Balaban J connectivity index is 1.82. The second kappa shape index (κ2) is 6.60. The number of hydrogen-bond acceptors (Lipinski definition) is 2. The summed E-state index contributed by atoms with van der Waals surface area (Å²) >= 11 is 0. The molecule has 1 atom stereocenters. The van der Waals surface area contributed by atoms with Gasteiger partial charge in [-0.25, -0.2) is 0 Å². The SMILES string of the molecule is CC=Cc1ccccc1OC(C)CCNC1CC1. The molecule has 1 unspecified atom stereocenters. The summed E-state index contributed by atoms with van der Waals surface area (Å²) in [6.07, 6.45) is 8.13. The molecule has 0 radical (unpaired) electrons. The van der Waals surface area contributed by atoms with Gasteiger partial charge in [0, 0.05) is 11.6 Å². The highest BCUT2D eigenvalue weighted by Crippen LogP contribution is 2.22. The van der Waals surface area contributed by atoms with E-state index in [4.69, 9.17) is 4.74 Å². The number of ether oxygens (including phenoxy) is 1. The van der Waals surface area contributed by atoms with Crippen molar-refractivity contribution < 1.29 is 4.74 Å². The quantitative estimate of drug-likeness (QED) is 0.792. The molecule has 1 aliphatic rings.